The maximum absolute atomic E-state index is 11.1. The van der Waals surface area contributed by atoms with Crippen LogP contribution >= 0.6 is 0 Å². The van der Waals surface area contributed by atoms with Gasteiger partial charge in [-0.1, -0.05) is 152 Å². The summed E-state index contributed by atoms with van der Waals surface area (Å²) in [6, 6.07) is 19.6. The molecule has 0 heterocycles. The van der Waals surface area contributed by atoms with Crippen LogP contribution in [-0.4, -0.2) is 10.2 Å². The highest BCUT2D eigenvalue weighted by Gasteiger charge is 2.17. The molecule has 0 bridgehead atoms. The molecule has 2 N–H and O–H groups in total. The van der Waals surface area contributed by atoms with Crippen molar-refractivity contribution in [3.63, 3.8) is 0 Å². The molecular formula is C44H54O2. The van der Waals surface area contributed by atoms with Crippen molar-refractivity contribution in [3.05, 3.63) is 71.8 Å². The molecule has 4 rings (SSSR count). The van der Waals surface area contributed by atoms with Gasteiger partial charge in [0.25, 0.3) is 0 Å². The highest BCUT2D eigenvalue weighted by Crippen LogP contribution is 2.44. The summed E-state index contributed by atoms with van der Waals surface area (Å²) in [5.74, 6) is 13.7. The number of rotatable bonds is 17. The van der Waals surface area contributed by atoms with E-state index in [1.54, 1.807) is 12.1 Å². The fourth-order valence-electron chi connectivity index (χ4n) is 6.34. The third kappa shape index (κ3) is 10.6. The van der Waals surface area contributed by atoms with E-state index < -0.39 is 0 Å². The molecule has 0 unspecified atom stereocenters. The minimum absolute atomic E-state index is 0.151. The normalized spacial score (nSPS) is 10.9. The van der Waals surface area contributed by atoms with Crippen molar-refractivity contribution >= 4 is 21.5 Å². The first-order valence-corrected chi connectivity index (χ1v) is 18.1. The predicted molar refractivity (Wildman–Crippen MR) is 198 cm³/mol. The Balaban J connectivity index is 1.42. The molecule has 2 heteroatoms. The number of benzene rings is 4. The molecule has 0 saturated heterocycles. The third-order valence-corrected chi connectivity index (χ3v) is 9.02. The highest BCUT2D eigenvalue weighted by atomic mass is 16.3. The molecule has 0 aromatic heterocycles. The minimum atomic E-state index is 0.151. The van der Waals surface area contributed by atoms with Gasteiger partial charge in [0, 0.05) is 35.1 Å². The van der Waals surface area contributed by atoms with Crippen LogP contribution in [0.4, 0.5) is 0 Å². The summed E-state index contributed by atoms with van der Waals surface area (Å²) in [4.78, 5) is 0. The van der Waals surface area contributed by atoms with Gasteiger partial charge >= 0.3 is 0 Å². The summed E-state index contributed by atoms with van der Waals surface area (Å²) in [5.41, 5.74) is 3.24. The molecule has 0 spiro atoms. The molecule has 4 aromatic carbocycles. The molecule has 2 nitrogen and oxygen atoms in total. The van der Waals surface area contributed by atoms with Crippen molar-refractivity contribution in [2.24, 2.45) is 0 Å². The van der Waals surface area contributed by atoms with E-state index in [-0.39, 0.29) is 11.5 Å². The molecule has 0 fully saturated rings. The van der Waals surface area contributed by atoms with Crippen LogP contribution in [0.25, 0.3) is 32.7 Å². The van der Waals surface area contributed by atoms with Crippen LogP contribution in [0.2, 0.25) is 0 Å². The van der Waals surface area contributed by atoms with Crippen molar-refractivity contribution in [2.45, 2.75) is 129 Å². The van der Waals surface area contributed by atoms with Gasteiger partial charge in [-0.05, 0) is 70.8 Å². The zero-order valence-electron chi connectivity index (χ0n) is 28.4. The summed E-state index contributed by atoms with van der Waals surface area (Å²) in [6.07, 6.45) is 22.7. The van der Waals surface area contributed by atoms with Crippen molar-refractivity contribution in [1.82, 2.24) is 0 Å². The van der Waals surface area contributed by atoms with Gasteiger partial charge in [0.15, 0.2) is 0 Å². The predicted octanol–water partition coefficient (Wildman–Crippen LogP) is 12.8. The van der Waals surface area contributed by atoms with E-state index in [0.29, 0.717) is 11.1 Å². The fourth-order valence-corrected chi connectivity index (χ4v) is 6.34. The van der Waals surface area contributed by atoms with Gasteiger partial charge in [-0.25, -0.2) is 0 Å². The van der Waals surface area contributed by atoms with E-state index in [4.69, 9.17) is 0 Å². The van der Waals surface area contributed by atoms with Gasteiger partial charge in [0.05, 0.1) is 0 Å². The van der Waals surface area contributed by atoms with E-state index in [1.807, 2.05) is 36.4 Å². The maximum atomic E-state index is 11.1. The summed E-state index contributed by atoms with van der Waals surface area (Å²) in [5, 5.41) is 25.9. The molecule has 242 valence electrons. The lowest BCUT2D eigenvalue weighted by molar-refractivity contribution is 0.470. The van der Waals surface area contributed by atoms with Crippen LogP contribution < -0.4 is 0 Å². The third-order valence-electron chi connectivity index (χ3n) is 9.02. The van der Waals surface area contributed by atoms with Crippen molar-refractivity contribution in [3.8, 4) is 46.3 Å². The van der Waals surface area contributed by atoms with Crippen LogP contribution in [-0.2, 0) is 0 Å². The average Bonchev–Trinajstić information content (AvgIpc) is 3.07. The maximum Gasteiger partial charge on any atom is 0.124 e. The first kappa shape index (κ1) is 35.0. The molecule has 46 heavy (non-hydrogen) atoms. The molecule has 4 aromatic rings. The fraction of sp³-hybridized carbons (Fsp3) is 0.455. The summed E-state index contributed by atoms with van der Waals surface area (Å²) < 4.78 is 0. The Morgan fingerprint density at radius 1 is 0.435 bits per heavy atom. The summed E-state index contributed by atoms with van der Waals surface area (Å²) in [7, 11) is 0. The number of hydrogen-bond acceptors (Lipinski definition) is 2. The van der Waals surface area contributed by atoms with E-state index >= 15 is 0 Å². The summed E-state index contributed by atoms with van der Waals surface area (Å²) in [6.45, 7) is 4.52. The SMILES string of the molecule is CCCCCCCCCCC#Cc1ccc2c(-c3c(O)ccc4cc(C#CCCCCCCCCCC)ccc34)c(O)ccc2c1. The second-order valence-corrected chi connectivity index (χ2v) is 12.8. The van der Waals surface area contributed by atoms with Crippen LogP contribution in [0.1, 0.15) is 141 Å². The van der Waals surface area contributed by atoms with Crippen LogP contribution in [0, 0.1) is 23.7 Å². The quantitative estimate of drug-likeness (QED) is 0.0917. The monoisotopic (exact) mass is 614 g/mol. The number of hydrogen-bond donors (Lipinski definition) is 2. The van der Waals surface area contributed by atoms with Crippen molar-refractivity contribution in [2.75, 3.05) is 0 Å². The second-order valence-electron chi connectivity index (χ2n) is 12.8. The Morgan fingerprint density at radius 2 is 0.804 bits per heavy atom. The number of aromatic hydroxyl groups is 2. The van der Waals surface area contributed by atoms with Gasteiger partial charge in [-0.2, -0.15) is 0 Å². The number of unbranched alkanes of at least 4 members (excludes halogenated alkanes) is 16. The van der Waals surface area contributed by atoms with E-state index in [2.05, 4.69) is 49.7 Å². The van der Waals surface area contributed by atoms with Gasteiger partial charge in [-0.15, -0.1) is 0 Å². The topological polar surface area (TPSA) is 40.5 Å². The standard InChI is InChI=1S/C44H54O2/c1-3-5-7-9-11-13-15-17-19-21-23-35-25-29-39-37(33-35)27-31-41(45)43(39)44-40-30-26-36(34-38(40)28-32-42(44)46)24-22-20-18-16-14-12-10-8-6-4-2/h25-34,45-46H,3-20H2,1-2H3. The Labute approximate surface area is 278 Å². The van der Waals surface area contributed by atoms with Gasteiger partial charge in [0.2, 0.25) is 0 Å². The van der Waals surface area contributed by atoms with Gasteiger partial charge < -0.3 is 10.2 Å². The largest absolute Gasteiger partial charge is 0.507 e. The smallest absolute Gasteiger partial charge is 0.124 e. The van der Waals surface area contributed by atoms with Crippen molar-refractivity contribution < 1.29 is 10.2 Å². The molecule has 0 radical (unpaired) electrons. The van der Waals surface area contributed by atoms with E-state index in [1.165, 1.54) is 89.9 Å². The molecular weight excluding hydrogens is 560 g/mol. The lowest BCUT2D eigenvalue weighted by Crippen LogP contribution is -1.88. The zero-order chi connectivity index (χ0) is 32.4. The summed E-state index contributed by atoms with van der Waals surface area (Å²) >= 11 is 0. The van der Waals surface area contributed by atoms with Crippen LogP contribution in [0.3, 0.4) is 0 Å². The van der Waals surface area contributed by atoms with Crippen LogP contribution in [0.15, 0.2) is 60.7 Å². The van der Waals surface area contributed by atoms with Gasteiger partial charge in [0.1, 0.15) is 11.5 Å². The second kappa shape index (κ2) is 19.6. The molecule has 0 aliphatic rings. The Bertz CT molecular complexity index is 1530. The Morgan fingerprint density at radius 3 is 1.20 bits per heavy atom. The van der Waals surface area contributed by atoms with Crippen LogP contribution in [0.5, 0.6) is 11.5 Å². The molecule has 0 amide bonds. The highest BCUT2D eigenvalue weighted by molar-refractivity contribution is 6.10. The van der Waals surface area contributed by atoms with Gasteiger partial charge in [-0.3, -0.25) is 0 Å². The number of fused-ring (bicyclic) bond motifs is 2. The lowest BCUT2D eigenvalue weighted by atomic mass is 9.91. The molecule has 0 aliphatic carbocycles. The Hall–Kier alpha value is -3.88. The molecule has 0 aliphatic heterocycles. The molecule has 0 saturated carbocycles. The average molecular weight is 615 g/mol. The van der Waals surface area contributed by atoms with E-state index in [9.17, 15) is 10.2 Å². The zero-order valence-corrected chi connectivity index (χ0v) is 28.4. The lowest BCUT2D eigenvalue weighted by Gasteiger charge is -2.14. The molecule has 0 atom stereocenters. The number of phenols is 2. The Kier molecular flexibility index (Phi) is 14.9. The minimum Gasteiger partial charge on any atom is -0.507 e. The first-order valence-electron chi connectivity index (χ1n) is 18.1. The van der Waals surface area contributed by atoms with Crippen molar-refractivity contribution in [1.29, 1.82) is 0 Å². The number of phenolic OH excluding ortho intramolecular Hbond substituents is 2. The first-order chi connectivity index (χ1) is 22.6. The van der Waals surface area contributed by atoms with E-state index in [0.717, 1.165) is 58.4 Å².